The van der Waals surface area contributed by atoms with E-state index < -0.39 is 0 Å². The van der Waals surface area contributed by atoms with Crippen LogP contribution >= 0.6 is 0 Å². The van der Waals surface area contributed by atoms with Crippen LogP contribution in [-0.4, -0.2) is 24.0 Å². The molecule has 1 rings (SSSR count). The summed E-state index contributed by atoms with van der Waals surface area (Å²) in [5.74, 6) is 1.31. The second-order valence-corrected chi connectivity index (χ2v) is 3.24. The first kappa shape index (κ1) is 11.7. The van der Waals surface area contributed by atoms with Gasteiger partial charge in [0.05, 0.1) is 12.7 Å². The maximum absolute atomic E-state index is 11.3. The molecule has 0 saturated heterocycles. The standard InChI is InChI=1S/C10H17N3O2/c1-3-11-5-4-9(14)12-7-10-13-6-8(2)15-10/h6,11H,3-5,7H2,1-2H3,(H,12,14). The van der Waals surface area contributed by atoms with Crippen molar-refractivity contribution in [3.63, 3.8) is 0 Å². The van der Waals surface area contributed by atoms with Gasteiger partial charge in [-0.2, -0.15) is 0 Å². The molecule has 1 aromatic heterocycles. The summed E-state index contributed by atoms with van der Waals surface area (Å²) in [5, 5.41) is 5.82. The van der Waals surface area contributed by atoms with Gasteiger partial charge in [0.2, 0.25) is 11.8 Å². The summed E-state index contributed by atoms with van der Waals surface area (Å²) >= 11 is 0. The van der Waals surface area contributed by atoms with Gasteiger partial charge in [-0.05, 0) is 13.5 Å². The highest BCUT2D eigenvalue weighted by Crippen LogP contribution is 2.00. The fourth-order valence-corrected chi connectivity index (χ4v) is 1.12. The van der Waals surface area contributed by atoms with Gasteiger partial charge in [-0.15, -0.1) is 0 Å². The van der Waals surface area contributed by atoms with Crippen molar-refractivity contribution in [1.29, 1.82) is 0 Å². The van der Waals surface area contributed by atoms with Crippen LogP contribution in [0.25, 0.3) is 0 Å². The predicted molar refractivity (Wildman–Crippen MR) is 56.2 cm³/mol. The molecule has 0 bridgehead atoms. The molecule has 1 aromatic rings. The van der Waals surface area contributed by atoms with Crippen LogP contribution < -0.4 is 10.6 Å². The monoisotopic (exact) mass is 211 g/mol. The van der Waals surface area contributed by atoms with Crippen LogP contribution in [0, 0.1) is 6.92 Å². The molecule has 1 amide bonds. The molecule has 0 saturated carbocycles. The summed E-state index contributed by atoms with van der Waals surface area (Å²) in [6, 6.07) is 0. The molecule has 0 atom stereocenters. The van der Waals surface area contributed by atoms with Gasteiger partial charge < -0.3 is 15.1 Å². The van der Waals surface area contributed by atoms with E-state index in [1.54, 1.807) is 6.20 Å². The Labute approximate surface area is 89.3 Å². The molecule has 0 aliphatic rings. The number of carbonyl (C=O) groups is 1. The fraction of sp³-hybridized carbons (Fsp3) is 0.600. The molecule has 5 nitrogen and oxygen atoms in total. The van der Waals surface area contributed by atoms with Crippen LogP contribution in [0.15, 0.2) is 10.6 Å². The van der Waals surface area contributed by atoms with Crippen molar-refractivity contribution in [3.8, 4) is 0 Å². The number of hydrogen-bond donors (Lipinski definition) is 2. The molecule has 0 aliphatic carbocycles. The van der Waals surface area contributed by atoms with Crippen molar-refractivity contribution < 1.29 is 9.21 Å². The minimum atomic E-state index is 0.00630. The van der Waals surface area contributed by atoms with Crippen molar-refractivity contribution >= 4 is 5.91 Å². The van der Waals surface area contributed by atoms with Gasteiger partial charge in [0.15, 0.2) is 0 Å². The normalized spacial score (nSPS) is 10.3. The lowest BCUT2D eigenvalue weighted by Gasteiger charge is -2.02. The second-order valence-electron chi connectivity index (χ2n) is 3.24. The van der Waals surface area contributed by atoms with Gasteiger partial charge >= 0.3 is 0 Å². The van der Waals surface area contributed by atoms with Gasteiger partial charge in [0.1, 0.15) is 5.76 Å². The molecule has 0 aliphatic heterocycles. The summed E-state index contributed by atoms with van der Waals surface area (Å²) < 4.78 is 5.22. The zero-order valence-electron chi connectivity index (χ0n) is 9.17. The Balaban J connectivity index is 2.16. The van der Waals surface area contributed by atoms with E-state index in [0.717, 1.165) is 12.3 Å². The Bertz CT molecular complexity index is 309. The molecule has 84 valence electrons. The predicted octanol–water partition coefficient (Wildman–Crippen LogP) is 0.599. The SMILES string of the molecule is CCNCCC(=O)NCc1ncc(C)o1. The molecule has 0 fully saturated rings. The van der Waals surface area contributed by atoms with Crippen LogP contribution in [0.3, 0.4) is 0 Å². The smallest absolute Gasteiger partial charge is 0.221 e. The summed E-state index contributed by atoms with van der Waals surface area (Å²) in [6.45, 7) is 5.77. The van der Waals surface area contributed by atoms with E-state index in [0.29, 0.717) is 25.4 Å². The number of hydrogen-bond acceptors (Lipinski definition) is 4. The van der Waals surface area contributed by atoms with E-state index in [-0.39, 0.29) is 5.91 Å². The number of nitrogens with one attached hydrogen (secondary N) is 2. The topological polar surface area (TPSA) is 67.2 Å². The van der Waals surface area contributed by atoms with E-state index >= 15 is 0 Å². The van der Waals surface area contributed by atoms with Crippen molar-refractivity contribution in [2.24, 2.45) is 0 Å². The third-order valence-corrected chi connectivity index (χ3v) is 1.88. The Hall–Kier alpha value is -1.36. The molecule has 1 heterocycles. The van der Waals surface area contributed by atoms with E-state index in [1.807, 2.05) is 13.8 Å². The van der Waals surface area contributed by atoms with Gasteiger partial charge in [0.25, 0.3) is 0 Å². The highest BCUT2D eigenvalue weighted by atomic mass is 16.4. The molecule has 0 spiro atoms. The van der Waals surface area contributed by atoms with Crippen molar-refractivity contribution in [3.05, 3.63) is 17.8 Å². The molecule has 0 aromatic carbocycles. The molecular weight excluding hydrogens is 194 g/mol. The maximum atomic E-state index is 11.3. The summed E-state index contributed by atoms with van der Waals surface area (Å²) in [7, 11) is 0. The maximum Gasteiger partial charge on any atom is 0.221 e. The van der Waals surface area contributed by atoms with E-state index in [2.05, 4.69) is 15.6 Å². The Kier molecular flexibility index (Phi) is 4.83. The number of aromatic nitrogens is 1. The number of amides is 1. The van der Waals surface area contributed by atoms with Crippen LogP contribution in [0.4, 0.5) is 0 Å². The third kappa shape index (κ3) is 4.60. The number of oxazole rings is 1. The molecule has 2 N–H and O–H groups in total. The first-order valence-electron chi connectivity index (χ1n) is 5.11. The average Bonchev–Trinajstić information content (AvgIpc) is 2.62. The lowest BCUT2D eigenvalue weighted by Crippen LogP contribution is -2.27. The minimum Gasteiger partial charge on any atom is -0.444 e. The van der Waals surface area contributed by atoms with Crippen LogP contribution in [0.5, 0.6) is 0 Å². The van der Waals surface area contributed by atoms with Crippen molar-refractivity contribution in [2.75, 3.05) is 13.1 Å². The zero-order chi connectivity index (χ0) is 11.1. The van der Waals surface area contributed by atoms with Gasteiger partial charge in [-0.3, -0.25) is 4.79 Å². The number of nitrogens with zero attached hydrogens (tertiary/aromatic N) is 1. The summed E-state index contributed by atoms with van der Waals surface area (Å²) in [4.78, 5) is 15.3. The van der Waals surface area contributed by atoms with Crippen LogP contribution in [0.2, 0.25) is 0 Å². The molecule has 0 radical (unpaired) electrons. The lowest BCUT2D eigenvalue weighted by molar-refractivity contribution is -0.121. The lowest BCUT2D eigenvalue weighted by atomic mass is 10.4. The Morgan fingerprint density at radius 1 is 1.60 bits per heavy atom. The average molecular weight is 211 g/mol. The first-order chi connectivity index (χ1) is 7.22. The van der Waals surface area contributed by atoms with Gasteiger partial charge in [0, 0.05) is 13.0 Å². The van der Waals surface area contributed by atoms with E-state index in [4.69, 9.17) is 4.42 Å². The first-order valence-corrected chi connectivity index (χ1v) is 5.11. The largest absolute Gasteiger partial charge is 0.444 e. The van der Waals surface area contributed by atoms with E-state index in [1.165, 1.54) is 0 Å². The Morgan fingerprint density at radius 3 is 3.00 bits per heavy atom. The molecule has 15 heavy (non-hydrogen) atoms. The zero-order valence-corrected chi connectivity index (χ0v) is 9.17. The quantitative estimate of drug-likeness (QED) is 0.676. The molecule has 0 unspecified atom stereocenters. The highest BCUT2D eigenvalue weighted by Gasteiger charge is 2.03. The van der Waals surface area contributed by atoms with Crippen LogP contribution in [-0.2, 0) is 11.3 Å². The van der Waals surface area contributed by atoms with Crippen LogP contribution in [0.1, 0.15) is 25.0 Å². The molecular formula is C10H17N3O2. The summed E-state index contributed by atoms with van der Waals surface area (Å²) in [6.07, 6.45) is 2.12. The number of rotatable bonds is 6. The number of carbonyl (C=O) groups excluding carboxylic acids is 1. The second kappa shape index (κ2) is 6.19. The minimum absolute atomic E-state index is 0.00630. The number of aryl methyl sites for hydroxylation is 1. The van der Waals surface area contributed by atoms with Crippen molar-refractivity contribution in [1.82, 2.24) is 15.6 Å². The van der Waals surface area contributed by atoms with Crippen molar-refractivity contribution in [2.45, 2.75) is 26.8 Å². The fourth-order valence-electron chi connectivity index (χ4n) is 1.12. The molecule has 5 heteroatoms. The van der Waals surface area contributed by atoms with Gasteiger partial charge in [-0.1, -0.05) is 6.92 Å². The highest BCUT2D eigenvalue weighted by molar-refractivity contribution is 5.75. The summed E-state index contributed by atoms with van der Waals surface area (Å²) in [5.41, 5.74) is 0. The Morgan fingerprint density at radius 2 is 2.40 bits per heavy atom. The van der Waals surface area contributed by atoms with E-state index in [9.17, 15) is 4.79 Å². The van der Waals surface area contributed by atoms with Gasteiger partial charge in [-0.25, -0.2) is 4.98 Å². The third-order valence-electron chi connectivity index (χ3n) is 1.88.